The molecule has 0 aliphatic rings. The molecule has 4 nitrogen and oxygen atoms in total. The molecule has 96 valence electrons. The smallest absolute Gasteiger partial charge is 0.206 e. The van der Waals surface area contributed by atoms with Crippen molar-refractivity contribution >= 4 is 44.2 Å². The number of hydrogen-bond donors (Lipinski definition) is 1. The number of benzene rings is 1. The van der Waals surface area contributed by atoms with Gasteiger partial charge in [0.1, 0.15) is 5.75 Å². The lowest BCUT2D eigenvalue weighted by Crippen LogP contribution is -1.99. The highest BCUT2D eigenvalue weighted by atomic mass is 79.9. The van der Waals surface area contributed by atoms with Crippen molar-refractivity contribution in [1.29, 1.82) is 0 Å². The van der Waals surface area contributed by atoms with Crippen LogP contribution in [0, 0.1) is 0 Å². The average molecular weight is 346 g/mol. The largest absolute Gasteiger partial charge is 0.493 e. The summed E-state index contributed by atoms with van der Waals surface area (Å²) in [7, 11) is 1.84. The summed E-state index contributed by atoms with van der Waals surface area (Å²) in [5.74, 6) is 1.74. The second kappa shape index (κ2) is 6.96. The van der Waals surface area contributed by atoms with Crippen molar-refractivity contribution in [3.8, 4) is 5.75 Å². The molecule has 0 aliphatic heterocycles. The van der Waals surface area contributed by atoms with Gasteiger partial charge in [-0.1, -0.05) is 39.0 Å². The van der Waals surface area contributed by atoms with E-state index >= 15 is 0 Å². The number of nitrogens with zero attached hydrogens (tertiary/aromatic N) is 2. The van der Waals surface area contributed by atoms with Crippen molar-refractivity contribution in [2.45, 2.75) is 4.34 Å². The lowest BCUT2D eigenvalue weighted by atomic mass is 10.3. The van der Waals surface area contributed by atoms with Crippen molar-refractivity contribution in [3.63, 3.8) is 0 Å². The highest BCUT2D eigenvalue weighted by Gasteiger charge is 2.02. The Hall–Kier alpha value is -0.790. The first-order valence-electron chi connectivity index (χ1n) is 5.30. The average Bonchev–Trinajstić information content (AvgIpc) is 2.85. The summed E-state index contributed by atoms with van der Waals surface area (Å²) in [6.45, 7) is 0.654. The van der Waals surface area contributed by atoms with Crippen LogP contribution in [0.2, 0.25) is 0 Å². The number of rotatable bonds is 6. The molecular formula is C11H12BrN3OS2. The molecule has 0 bridgehead atoms. The fraction of sp³-hybridized carbons (Fsp3) is 0.273. The van der Waals surface area contributed by atoms with Crippen LogP contribution >= 0.6 is 39.0 Å². The summed E-state index contributed by atoms with van der Waals surface area (Å²) in [5.41, 5.74) is 0. The van der Waals surface area contributed by atoms with E-state index in [1.165, 1.54) is 0 Å². The minimum Gasteiger partial charge on any atom is -0.493 e. The van der Waals surface area contributed by atoms with Crippen molar-refractivity contribution < 1.29 is 4.74 Å². The molecule has 0 radical (unpaired) electrons. The predicted molar refractivity (Wildman–Crippen MR) is 79.8 cm³/mol. The van der Waals surface area contributed by atoms with Gasteiger partial charge in [0, 0.05) is 17.3 Å². The normalized spacial score (nSPS) is 10.3. The Kier molecular flexibility index (Phi) is 5.27. The molecule has 2 rings (SSSR count). The third kappa shape index (κ3) is 4.15. The van der Waals surface area contributed by atoms with Gasteiger partial charge in [-0.25, -0.2) is 0 Å². The van der Waals surface area contributed by atoms with E-state index in [0.717, 1.165) is 25.4 Å². The monoisotopic (exact) mass is 345 g/mol. The van der Waals surface area contributed by atoms with Gasteiger partial charge in [-0.3, -0.25) is 0 Å². The fourth-order valence-corrected chi connectivity index (χ4v) is 3.05. The number of halogens is 1. The van der Waals surface area contributed by atoms with E-state index in [0.29, 0.717) is 6.61 Å². The predicted octanol–water partition coefficient (Wildman–Crippen LogP) is 3.51. The lowest BCUT2D eigenvalue weighted by Gasteiger charge is -2.04. The van der Waals surface area contributed by atoms with Crippen LogP contribution in [0.15, 0.2) is 33.1 Å². The van der Waals surface area contributed by atoms with Gasteiger partial charge in [-0.2, -0.15) is 0 Å². The molecule has 7 heteroatoms. The third-order valence-electron chi connectivity index (χ3n) is 2.01. The molecule has 0 fully saturated rings. The van der Waals surface area contributed by atoms with Gasteiger partial charge < -0.3 is 10.1 Å². The van der Waals surface area contributed by atoms with Gasteiger partial charge in [0.2, 0.25) is 5.13 Å². The Labute approximate surface area is 122 Å². The Morgan fingerprint density at radius 3 is 2.78 bits per heavy atom. The molecule has 0 amide bonds. The second-order valence-electron chi connectivity index (χ2n) is 3.27. The molecule has 0 aliphatic carbocycles. The van der Waals surface area contributed by atoms with Crippen LogP contribution in [-0.2, 0) is 0 Å². The molecule has 0 saturated heterocycles. The number of anilines is 1. The van der Waals surface area contributed by atoms with E-state index in [4.69, 9.17) is 4.74 Å². The Bertz CT molecular complexity index is 489. The molecule has 1 aromatic carbocycles. The van der Waals surface area contributed by atoms with Gasteiger partial charge in [0.05, 0.1) is 6.61 Å². The molecule has 0 atom stereocenters. The summed E-state index contributed by atoms with van der Waals surface area (Å²) in [6.07, 6.45) is 0. The summed E-state index contributed by atoms with van der Waals surface area (Å²) in [4.78, 5) is 0. The molecule has 0 saturated carbocycles. The molecule has 0 unspecified atom stereocenters. The number of ether oxygens (including phenoxy) is 1. The van der Waals surface area contributed by atoms with Gasteiger partial charge in [-0.05, 0) is 24.3 Å². The van der Waals surface area contributed by atoms with E-state index in [1.807, 2.05) is 31.3 Å². The molecule has 1 N–H and O–H groups in total. The van der Waals surface area contributed by atoms with Crippen molar-refractivity contribution in [1.82, 2.24) is 10.2 Å². The standard InChI is InChI=1S/C11H12BrN3OS2/c1-13-10-14-15-11(18-10)17-7-6-16-9-4-2-8(12)3-5-9/h2-5H,6-7H2,1H3,(H,13,14). The van der Waals surface area contributed by atoms with Crippen molar-refractivity contribution in [2.75, 3.05) is 24.7 Å². The highest BCUT2D eigenvalue weighted by Crippen LogP contribution is 2.25. The highest BCUT2D eigenvalue weighted by molar-refractivity contribution is 9.10. The van der Waals surface area contributed by atoms with Gasteiger partial charge in [0.15, 0.2) is 4.34 Å². The summed E-state index contributed by atoms with van der Waals surface area (Å²) >= 11 is 6.59. The van der Waals surface area contributed by atoms with Gasteiger partial charge in [-0.15, -0.1) is 10.2 Å². The summed E-state index contributed by atoms with van der Waals surface area (Å²) in [6, 6.07) is 7.82. The van der Waals surface area contributed by atoms with Gasteiger partial charge >= 0.3 is 0 Å². The van der Waals surface area contributed by atoms with E-state index < -0.39 is 0 Å². The number of nitrogens with one attached hydrogen (secondary N) is 1. The zero-order chi connectivity index (χ0) is 12.8. The van der Waals surface area contributed by atoms with Crippen LogP contribution in [0.3, 0.4) is 0 Å². The summed E-state index contributed by atoms with van der Waals surface area (Å²) < 4.78 is 7.63. The topological polar surface area (TPSA) is 47.0 Å². The Balaban J connectivity index is 1.71. The van der Waals surface area contributed by atoms with Crippen LogP contribution in [-0.4, -0.2) is 29.6 Å². The molecule has 18 heavy (non-hydrogen) atoms. The number of hydrogen-bond acceptors (Lipinski definition) is 6. The van der Waals surface area contributed by atoms with Crippen molar-refractivity contribution in [3.05, 3.63) is 28.7 Å². The van der Waals surface area contributed by atoms with Crippen LogP contribution in [0.25, 0.3) is 0 Å². The van der Waals surface area contributed by atoms with E-state index in [-0.39, 0.29) is 0 Å². The molecule has 1 aromatic heterocycles. The van der Waals surface area contributed by atoms with Gasteiger partial charge in [0.25, 0.3) is 0 Å². The van der Waals surface area contributed by atoms with E-state index in [2.05, 4.69) is 31.4 Å². The number of aromatic nitrogens is 2. The molecular weight excluding hydrogens is 334 g/mol. The van der Waals surface area contributed by atoms with Crippen LogP contribution < -0.4 is 10.1 Å². The first-order valence-corrected chi connectivity index (χ1v) is 7.90. The molecule has 2 aromatic rings. The SMILES string of the molecule is CNc1nnc(SCCOc2ccc(Br)cc2)s1. The maximum atomic E-state index is 5.62. The van der Waals surface area contributed by atoms with Crippen LogP contribution in [0.1, 0.15) is 0 Å². The van der Waals surface area contributed by atoms with Crippen LogP contribution in [0.5, 0.6) is 5.75 Å². The molecule has 0 spiro atoms. The Morgan fingerprint density at radius 2 is 2.11 bits per heavy atom. The fourth-order valence-electron chi connectivity index (χ4n) is 1.19. The number of thioether (sulfide) groups is 1. The van der Waals surface area contributed by atoms with Crippen LogP contribution in [0.4, 0.5) is 5.13 Å². The maximum absolute atomic E-state index is 5.62. The van der Waals surface area contributed by atoms with E-state index in [9.17, 15) is 0 Å². The zero-order valence-electron chi connectivity index (χ0n) is 9.72. The first-order chi connectivity index (χ1) is 8.78. The second-order valence-corrected chi connectivity index (χ2v) is 6.51. The van der Waals surface area contributed by atoms with Crippen molar-refractivity contribution in [2.24, 2.45) is 0 Å². The minimum atomic E-state index is 0.654. The summed E-state index contributed by atoms with van der Waals surface area (Å²) in [5, 5.41) is 11.8. The first kappa shape index (κ1) is 13.6. The van der Waals surface area contributed by atoms with E-state index in [1.54, 1.807) is 23.1 Å². The quantitative estimate of drug-likeness (QED) is 0.641. The molecule has 1 heterocycles. The minimum absolute atomic E-state index is 0.654. The maximum Gasteiger partial charge on any atom is 0.206 e. The Morgan fingerprint density at radius 1 is 1.33 bits per heavy atom. The zero-order valence-corrected chi connectivity index (χ0v) is 12.9. The third-order valence-corrected chi connectivity index (χ3v) is 4.58. The lowest BCUT2D eigenvalue weighted by molar-refractivity contribution is 0.344.